The number of halogens is 4. The van der Waals surface area contributed by atoms with Gasteiger partial charge >= 0.3 is 5.97 Å². The zero-order valence-corrected chi connectivity index (χ0v) is 15.7. The molecule has 18 heavy (non-hydrogen) atoms. The van der Waals surface area contributed by atoms with Crippen LogP contribution >= 0.6 is 63.7 Å². The van der Waals surface area contributed by atoms with E-state index in [0.717, 1.165) is 10.9 Å². The Labute approximate surface area is 140 Å². The molecule has 1 aromatic rings. The lowest BCUT2D eigenvalue weighted by molar-refractivity contribution is -0.142. The van der Waals surface area contributed by atoms with Crippen LogP contribution in [0.5, 0.6) is 0 Å². The van der Waals surface area contributed by atoms with Crippen molar-refractivity contribution in [2.45, 2.75) is 14.5 Å². The zero-order chi connectivity index (χ0) is 13.5. The first kappa shape index (κ1) is 16.7. The monoisotopic (exact) mass is 504 g/mol. The van der Waals surface area contributed by atoms with Gasteiger partial charge in [0.15, 0.2) is 0 Å². The lowest BCUT2D eigenvalue weighted by atomic mass is 10.1. The lowest BCUT2D eigenvalue weighted by Gasteiger charge is -2.17. The van der Waals surface area contributed by atoms with Crippen LogP contribution in [-0.2, 0) is 9.53 Å². The van der Waals surface area contributed by atoms with Crippen LogP contribution in [0.2, 0.25) is 0 Å². The summed E-state index contributed by atoms with van der Waals surface area (Å²) in [7, 11) is 0. The average molecular weight is 508 g/mol. The van der Waals surface area contributed by atoms with Gasteiger partial charge in [-0.05, 0) is 5.56 Å². The van der Waals surface area contributed by atoms with E-state index in [1.807, 2.05) is 30.3 Å². The molecule has 3 unspecified atom stereocenters. The van der Waals surface area contributed by atoms with Crippen molar-refractivity contribution in [1.29, 1.82) is 0 Å². The highest BCUT2D eigenvalue weighted by atomic mass is 79.9. The maximum atomic E-state index is 11.8. The molecule has 1 aromatic carbocycles. The summed E-state index contributed by atoms with van der Waals surface area (Å²) in [5.74, 6) is -0.272. The van der Waals surface area contributed by atoms with Gasteiger partial charge in [0, 0.05) is 5.33 Å². The van der Waals surface area contributed by atoms with Crippen molar-refractivity contribution in [3.05, 3.63) is 35.9 Å². The van der Waals surface area contributed by atoms with E-state index in [2.05, 4.69) is 63.7 Å². The van der Waals surface area contributed by atoms with E-state index in [4.69, 9.17) is 4.74 Å². The van der Waals surface area contributed by atoms with Crippen molar-refractivity contribution in [3.63, 3.8) is 0 Å². The van der Waals surface area contributed by atoms with Crippen LogP contribution in [0.1, 0.15) is 10.4 Å². The molecule has 3 atom stereocenters. The molecular weight excluding hydrogens is 496 g/mol. The molecule has 0 aliphatic heterocycles. The summed E-state index contributed by atoms with van der Waals surface area (Å²) < 4.78 is 5.21. The van der Waals surface area contributed by atoms with Gasteiger partial charge in [-0.15, -0.1) is 0 Å². The second-order valence-corrected chi connectivity index (χ2v) is 7.51. The number of esters is 1. The fourth-order valence-corrected chi connectivity index (χ4v) is 2.50. The highest BCUT2D eigenvalue weighted by Crippen LogP contribution is 2.31. The Morgan fingerprint density at radius 2 is 1.78 bits per heavy atom. The first-order valence-electron chi connectivity index (χ1n) is 5.26. The normalized spacial score (nSPS) is 15.8. The zero-order valence-electron chi connectivity index (χ0n) is 9.36. The van der Waals surface area contributed by atoms with Gasteiger partial charge in [0.2, 0.25) is 0 Å². The number of rotatable bonds is 6. The van der Waals surface area contributed by atoms with Crippen molar-refractivity contribution in [2.24, 2.45) is 0 Å². The van der Waals surface area contributed by atoms with E-state index in [1.165, 1.54) is 0 Å². The summed E-state index contributed by atoms with van der Waals surface area (Å²) >= 11 is 13.6. The molecule has 0 radical (unpaired) electrons. The minimum Gasteiger partial charge on any atom is -0.464 e. The van der Waals surface area contributed by atoms with Crippen LogP contribution in [0.25, 0.3) is 0 Å². The minimum atomic E-state index is -0.407. The van der Waals surface area contributed by atoms with Gasteiger partial charge in [0.1, 0.15) is 11.4 Å². The van der Waals surface area contributed by atoms with E-state index in [1.54, 1.807) is 0 Å². The summed E-state index contributed by atoms with van der Waals surface area (Å²) in [6, 6.07) is 9.75. The molecule has 0 aliphatic rings. The van der Waals surface area contributed by atoms with Crippen molar-refractivity contribution in [2.75, 3.05) is 11.9 Å². The Hall–Kier alpha value is 0.610. The second-order valence-electron chi connectivity index (χ2n) is 3.60. The van der Waals surface area contributed by atoms with E-state index in [0.29, 0.717) is 6.61 Å². The Morgan fingerprint density at radius 1 is 1.17 bits per heavy atom. The van der Waals surface area contributed by atoms with Crippen molar-refractivity contribution >= 4 is 69.7 Å². The maximum absolute atomic E-state index is 11.8. The molecule has 0 saturated heterocycles. The molecule has 0 bridgehead atoms. The third-order valence-corrected chi connectivity index (χ3v) is 7.08. The van der Waals surface area contributed by atoms with Crippen LogP contribution in [0.4, 0.5) is 0 Å². The van der Waals surface area contributed by atoms with Gasteiger partial charge < -0.3 is 4.74 Å². The van der Waals surface area contributed by atoms with Crippen molar-refractivity contribution < 1.29 is 9.53 Å². The van der Waals surface area contributed by atoms with E-state index >= 15 is 0 Å². The summed E-state index contributed by atoms with van der Waals surface area (Å²) in [6.45, 7) is 0.348. The molecule has 0 saturated carbocycles. The third-order valence-electron chi connectivity index (χ3n) is 2.17. The molecule has 0 heterocycles. The summed E-state index contributed by atoms with van der Waals surface area (Å²) in [5, 5.41) is 0.740. The molecule has 0 amide bonds. The number of hydrogen-bond donors (Lipinski definition) is 0. The average Bonchev–Trinajstić information content (AvgIpc) is 2.43. The van der Waals surface area contributed by atoms with Crippen LogP contribution in [-0.4, -0.2) is 27.6 Å². The van der Waals surface area contributed by atoms with Gasteiger partial charge in [0.25, 0.3) is 0 Å². The van der Waals surface area contributed by atoms with E-state index < -0.39 is 4.83 Å². The quantitative estimate of drug-likeness (QED) is 0.416. The van der Waals surface area contributed by atoms with Gasteiger partial charge in [-0.25, -0.2) is 0 Å². The number of benzene rings is 1. The first-order chi connectivity index (χ1) is 8.56. The largest absolute Gasteiger partial charge is 0.464 e. The molecule has 100 valence electrons. The summed E-state index contributed by atoms with van der Waals surface area (Å²) in [5.41, 5.74) is 1.03. The molecule has 0 aliphatic carbocycles. The number of hydrogen-bond acceptors (Lipinski definition) is 2. The Bertz CT molecular complexity index is 372. The van der Waals surface area contributed by atoms with Crippen molar-refractivity contribution in [3.8, 4) is 0 Å². The summed E-state index contributed by atoms with van der Waals surface area (Å²) in [6.07, 6.45) is 0. The highest BCUT2D eigenvalue weighted by Gasteiger charge is 2.26. The van der Waals surface area contributed by atoms with Crippen LogP contribution in [0, 0.1) is 0 Å². The molecule has 1 rings (SSSR count). The molecule has 0 spiro atoms. The Kier molecular flexibility index (Phi) is 8.07. The van der Waals surface area contributed by atoms with Gasteiger partial charge in [-0.2, -0.15) is 0 Å². The number of carbonyl (C=O) groups excluding carboxylic acids is 1. The third kappa shape index (κ3) is 5.31. The predicted molar refractivity (Wildman–Crippen MR) is 88.3 cm³/mol. The number of carbonyl (C=O) groups is 1. The smallest absolute Gasteiger partial charge is 0.321 e. The molecular formula is C12H12Br4O2. The minimum absolute atomic E-state index is 0.107. The van der Waals surface area contributed by atoms with Crippen molar-refractivity contribution in [1.82, 2.24) is 0 Å². The fourth-order valence-electron chi connectivity index (χ4n) is 1.22. The molecule has 0 aromatic heterocycles. The van der Waals surface area contributed by atoms with Gasteiger partial charge in [-0.1, -0.05) is 94.1 Å². The van der Waals surface area contributed by atoms with E-state index in [-0.39, 0.29) is 15.6 Å². The fraction of sp³-hybridized carbons (Fsp3) is 0.417. The lowest BCUT2D eigenvalue weighted by Crippen LogP contribution is -2.24. The molecule has 2 nitrogen and oxygen atoms in total. The molecule has 0 N–H and O–H groups in total. The Balaban J connectivity index is 2.53. The van der Waals surface area contributed by atoms with E-state index in [9.17, 15) is 4.79 Å². The van der Waals surface area contributed by atoms with Crippen LogP contribution < -0.4 is 0 Å². The Morgan fingerprint density at radius 3 is 2.33 bits per heavy atom. The second kappa shape index (κ2) is 8.72. The highest BCUT2D eigenvalue weighted by molar-refractivity contribution is 9.12. The first-order valence-corrected chi connectivity index (χ1v) is 9.13. The number of alkyl halides is 4. The summed E-state index contributed by atoms with van der Waals surface area (Å²) in [4.78, 5) is 11.5. The van der Waals surface area contributed by atoms with Gasteiger partial charge in [-0.3, -0.25) is 4.79 Å². The maximum Gasteiger partial charge on any atom is 0.321 e. The SMILES string of the molecule is O=C(OCC(Br)CBr)C(Br)C(Br)c1ccccc1. The topological polar surface area (TPSA) is 26.3 Å². The molecule has 0 fully saturated rings. The van der Waals surface area contributed by atoms with Crippen LogP contribution in [0.15, 0.2) is 30.3 Å². The molecule has 6 heteroatoms. The number of ether oxygens (including phenoxy) is 1. The van der Waals surface area contributed by atoms with Gasteiger partial charge in [0.05, 0.1) is 9.65 Å². The predicted octanol–water partition coefficient (Wildman–Crippen LogP) is 4.59. The van der Waals surface area contributed by atoms with Crippen LogP contribution in [0.3, 0.4) is 0 Å². The standard InChI is InChI=1S/C12H12Br4O2/c13-6-9(14)7-18-12(17)11(16)10(15)8-4-2-1-3-5-8/h1-5,9-11H,6-7H2.